The number of nitrogens with one attached hydrogen (secondary N) is 2. The Kier molecular flexibility index (Phi) is 7.68. The summed E-state index contributed by atoms with van der Waals surface area (Å²) in [6.07, 6.45) is 4.86. The van der Waals surface area contributed by atoms with E-state index < -0.39 is 10.0 Å². The SMILES string of the molecule is CC(C)[C@H](NC(=O)CCc1ccc(S(=O)(=O)N2CCCCCC2)cc1)c1nc2ccccc2[nH]1. The van der Waals surface area contributed by atoms with Crippen molar-refractivity contribution in [3.63, 3.8) is 0 Å². The van der Waals surface area contributed by atoms with Crippen molar-refractivity contribution < 1.29 is 13.2 Å². The largest absolute Gasteiger partial charge is 0.346 e. The highest BCUT2D eigenvalue weighted by molar-refractivity contribution is 7.89. The molecule has 0 radical (unpaired) electrons. The van der Waals surface area contributed by atoms with Crippen LogP contribution in [-0.4, -0.2) is 41.7 Å². The Labute approximate surface area is 202 Å². The summed E-state index contributed by atoms with van der Waals surface area (Å²) in [5.41, 5.74) is 2.77. The van der Waals surface area contributed by atoms with Crippen LogP contribution in [-0.2, 0) is 21.2 Å². The van der Waals surface area contributed by atoms with Crippen molar-refractivity contribution in [2.24, 2.45) is 5.92 Å². The number of amides is 1. The summed E-state index contributed by atoms with van der Waals surface area (Å²) in [7, 11) is -3.46. The molecule has 1 aromatic heterocycles. The van der Waals surface area contributed by atoms with E-state index in [2.05, 4.69) is 29.1 Å². The van der Waals surface area contributed by atoms with E-state index in [4.69, 9.17) is 0 Å². The number of benzene rings is 2. The molecule has 1 saturated heterocycles. The molecule has 182 valence electrons. The van der Waals surface area contributed by atoms with Crippen molar-refractivity contribution in [3.8, 4) is 0 Å². The van der Waals surface area contributed by atoms with E-state index in [9.17, 15) is 13.2 Å². The molecule has 2 N–H and O–H groups in total. The van der Waals surface area contributed by atoms with Crippen LogP contribution >= 0.6 is 0 Å². The molecular formula is C26H34N4O3S. The number of rotatable bonds is 8. The maximum absolute atomic E-state index is 13.0. The third kappa shape index (κ3) is 5.67. The van der Waals surface area contributed by atoms with Crippen LogP contribution in [0.2, 0.25) is 0 Å². The maximum Gasteiger partial charge on any atom is 0.243 e. The topological polar surface area (TPSA) is 95.2 Å². The number of fused-ring (bicyclic) bond motifs is 1. The average Bonchev–Trinajstić information content (AvgIpc) is 3.05. The molecule has 0 saturated carbocycles. The summed E-state index contributed by atoms with van der Waals surface area (Å²) in [6, 6.07) is 14.6. The van der Waals surface area contributed by atoms with Gasteiger partial charge >= 0.3 is 0 Å². The predicted molar refractivity (Wildman–Crippen MR) is 134 cm³/mol. The van der Waals surface area contributed by atoms with E-state index in [1.54, 1.807) is 16.4 Å². The number of H-pyrrole nitrogens is 1. The van der Waals surface area contributed by atoms with E-state index in [1.807, 2.05) is 36.4 Å². The molecule has 1 amide bonds. The molecule has 8 heteroatoms. The van der Waals surface area contributed by atoms with Crippen LogP contribution in [0.25, 0.3) is 11.0 Å². The first-order chi connectivity index (χ1) is 16.3. The van der Waals surface area contributed by atoms with Gasteiger partial charge in [0, 0.05) is 19.5 Å². The van der Waals surface area contributed by atoms with Crippen LogP contribution < -0.4 is 5.32 Å². The van der Waals surface area contributed by atoms with Gasteiger partial charge in [-0.15, -0.1) is 0 Å². The first-order valence-corrected chi connectivity index (χ1v) is 13.6. The molecule has 0 bridgehead atoms. The van der Waals surface area contributed by atoms with Crippen LogP contribution in [0.1, 0.15) is 63.4 Å². The normalized spacial score (nSPS) is 16.4. The standard InChI is InChI=1S/C26H34N4O3S/c1-19(2)25(26-27-22-9-5-6-10-23(22)28-26)29-24(31)16-13-20-11-14-21(15-12-20)34(32,33)30-17-7-3-4-8-18-30/h5-6,9-12,14-15,19,25H,3-4,7-8,13,16-18H2,1-2H3,(H,27,28)(H,29,31)/t25-/m0/s1. The summed E-state index contributed by atoms with van der Waals surface area (Å²) >= 11 is 0. The van der Waals surface area contributed by atoms with Gasteiger partial charge in [-0.1, -0.05) is 51.0 Å². The molecule has 1 atom stereocenters. The summed E-state index contributed by atoms with van der Waals surface area (Å²) in [6.45, 7) is 5.29. The minimum atomic E-state index is -3.46. The number of carbonyl (C=O) groups is 1. The molecule has 0 aliphatic carbocycles. The second-order valence-electron chi connectivity index (χ2n) is 9.39. The summed E-state index contributed by atoms with van der Waals surface area (Å²) in [5, 5.41) is 3.11. The molecule has 1 aliphatic heterocycles. The van der Waals surface area contributed by atoms with Gasteiger partial charge in [0.2, 0.25) is 15.9 Å². The molecule has 1 aliphatic rings. The summed E-state index contributed by atoms with van der Waals surface area (Å²) < 4.78 is 27.5. The monoisotopic (exact) mass is 482 g/mol. The molecular weight excluding hydrogens is 448 g/mol. The van der Waals surface area contributed by atoms with Gasteiger partial charge in [0.05, 0.1) is 22.0 Å². The second kappa shape index (κ2) is 10.7. The molecule has 2 heterocycles. The van der Waals surface area contributed by atoms with Gasteiger partial charge < -0.3 is 10.3 Å². The second-order valence-corrected chi connectivity index (χ2v) is 11.3. The first-order valence-electron chi connectivity index (χ1n) is 12.2. The van der Waals surface area contributed by atoms with Gasteiger partial charge in [-0.2, -0.15) is 4.31 Å². The smallest absolute Gasteiger partial charge is 0.243 e. The van der Waals surface area contributed by atoms with Crippen molar-refractivity contribution in [1.29, 1.82) is 0 Å². The maximum atomic E-state index is 13.0. The number of hydrogen-bond donors (Lipinski definition) is 2. The highest BCUT2D eigenvalue weighted by atomic mass is 32.2. The fourth-order valence-electron chi connectivity index (χ4n) is 4.43. The Hall–Kier alpha value is -2.71. The Morgan fingerprint density at radius 2 is 1.71 bits per heavy atom. The summed E-state index contributed by atoms with van der Waals surface area (Å²) in [4.78, 5) is 21.0. The number of imidazole rings is 1. The Morgan fingerprint density at radius 1 is 1.03 bits per heavy atom. The minimum absolute atomic E-state index is 0.0552. The van der Waals surface area contributed by atoms with Crippen molar-refractivity contribution in [2.45, 2.75) is 63.3 Å². The zero-order valence-corrected chi connectivity index (χ0v) is 20.8. The lowest BCUT2D eigenvalue weighted by molar-refractivity contribution is -0.122. The van der Waals surface area contributed by atoms with E-state index >= 15 is 0 Å². The van der Waals surface area contributed by atoms with E-state index in [-0.39, 0.29) is 17.9 Å². The quantitative estimate of drug-likeness (QED) is 0.492. The molecule has 7 nitrogen and oxygen atoms in total. The lowest BCUT2D eigenvalue weighted by atomic mass is 10.0. The fourth-order valence-corrected chi connectivity index (χ4v) is 5.95. The highest BCUT2D eigenvalue weighted by Crippen LogP contribution is 2.23. The van der Waals surface area contributed by atoms with Gasteiger partial charge in [-0.3, -0.25) is 4.79 Å². The first kappa shape index (κ1) is 24.4. The van der Waals surface area contributed by atoms with Crippen LogP contribution in [0, 0.1) is 5.92 Å². The average molecular weight is 483 g/mol. The van der Waals surface area contributed by atoms with E-state index in [1.165, 1.54) is 0 Å². The number of nitrogens with zero attached hydrogens (tertiary/aromatic N) is 2. The number of hydrogen-bond acceptors (Lipinski definition) is 4. The van der Waals surface area contributed by atoms with Gasteiger partial charge in [0.1, 0.15) is 5.82 Å². The van der Waals surface area contributed by atoms with E-state index in [0.717, 1.165) is 48.1 Å². The molecule has 2 aromatic carbocycles. The lowest BCUT2D eigenvalue weighted by Crippen LogP contribution is -2.32. The third-order valence-corrected chi connectivity index (χ3v) is 8.37. The van der Waals surface area contributed by atoms with Crippen molar-refractivity contribution in [2.75, 3.05) is 13.1 Å². The van der Waals surface area contributed by atoms with Crippen molar-refractivity contribution in [1.82, 2.24) is 19.6 Å². The number of sulfonamides is 1. The Balaban J connectivity index is 1.36. The minimum Gasteiger partial charge on any atom is -0.346 e. The molecule has 0 spiro atoms. The lowest BCUT2D eigenvalue weighted by Gasteiger charge is -2.20. The fraction of sp³-hybridized carbons (Fsp3) is 0.462. The molecule has 4 rings (SSSR count). The van der Waals surface area contributed by atoms with Gasteiger partial charge in [0.15, 0.2) is 0 Å². The van der Waals surface area contributed by atoms with Crippen LogP contribution in [0.4, 0.5) is 0 Å². The van der Waals surface area contributed by atoms with E-state index in [0.29, 0.717) is 30.8 Å². The van der Waals surface area contributed by atoms with Crippen LogP contribution in [0.5, 0.6) is 0 Å². The van der Waals surface area contributed by atoms with Gasteiger partial charge in [-0.25, -0.2) is 13.4 Å². The third-order valence-electron chi connectivity index (χ3n) is 6.45. The molecule has 1 fully saturated rings. The summed E-state index contributed by atoms with van der Waals surface area (Å²) in [5.74, 6) is 0.876. The highest BCUT2D eigenvalue weighted by Gasteiger charge is 2.25. The zero-order valence-electron chi connectivity index (χ0n) is 20.0. The molecule has 34 heavy (non-hydrogen) atoms. The van der Waals surface area contributed by atoms with Crippen molar-refractivity contribution >= 4 is 27.0 Å². The zero-order chi connectivity index (χ0) is 24.1. The molecule has 0 unspecified atom stereocenters. The van der Waals surface area contributed by atoms with Crippen molar-refractivity contribution in [3.05, 3.63) is 59.9 Å². The Morgan fingerprint density at radius 3 is 2.35 bits per heavy atom. The number of carbonyl (C=O) groups excluding carboxylic acids is 1. The molecule has 3 aromatic rings. The van der Waals surface area contributed by atoms with Gasteiger partial charge in [-0.05, 0) is 55.0 Å². The number of aromatic nitrogens is 2. The van der Waals surface area contributed by atoms with Crippen LogP contribution in [0.15, 0.2) is 53.4 Å². The number of para-hydroxylation sites is 2. The number of aromatic amines is 1. The number of aryl methyl sites for hydroxylation is 1. The Bertz CT molecular complexity index is 1180. The van der Waals surface area contributed by atoms with Gasteiger partial charge in [0.25, 0.3) is 0 Å². The predicted octanol–water partition coefficient (Wildman–Crippen LogP) is 4.57. The van der Waals surface area contributed by atoms with Crippen LogP contribution in [0.3, 0.4) is 0 Å².